The monoisotopic (exact) mass is 238 g/mol. The van der Waals surface area contributed by atoms with Crippen LogP contribution in [0.15, 0.2) is 16.6 Å². The van der Waals surface area contributed by atoms with E-state index in [4.69, 9.17) is 16.7 Å². The number of aromatic hydroxyl groups is 1. The van der Waals surface area contributed by atoms with Crippen LogP contribution in [-0.4, -0.2) is 5.11 Å². The van der Waals surface area contributed by atoms with Gasteiger partial charge in [-0.3, -0.25) is 0 Å². The van der Waals surface area contributed by atoms with Crippen molar-refractivity contribution < 1.29 is 9.50 Å². The van der Waals surface area contributed by atoms with Crippen molar-refractivity contribution in [2.75, 3.05) is 0 Å². The molecule has 0 amide bonds. The van der Waals surface area contributed by atoms with E-state index in [0.29, 0.717) is 4.47 Å². The normalized spacial score (nSPS) is 10.1. The van der Waals surface area contributed by atoms with Crippen molar-refractivity contribution in [3.8, 4) is 5.75 Å². The third-order valence-electron chi connectivity index (χ3n) is 1.30. The van der Waals surface area contributed by atoms with Crippen LogP contribution in [0.3, 0.4) is 0 Å². The summed E-state index contributed by atoms with van der Waals surface area (Å²) in [5, 5.41) is 8.90. The molecular formula is C7H5BrClFO. The maximum absolute atomic E-state index is 12.9. The van der Waals surface area contributed by atoms with Gasteiger partial charge in [-0.05, 0) is 12.1 Å². The van der Waals surface area contributed by atoms with Crippen LogP contribution >= 0.6 is 27.5 Å². The number of benzene rings is 1. The van der Waals surface area contributed by atoms with E-state index < -0.39 is 5.82 Å². The zero-order valence-corrected chi connectivity index (χ0v) is 7.78. The average Bonchev–Trinajstić information content (AvgIpc) is 1.99. The van der Waals surface area contributed by atoms with Crippen molar-refractivity contribution in [2.24, 2.45) is 0 Å². The van der Waals surface area contributed by atoms with E-state index in [1.54, 1.807) is 6.07 Å². The Morgan fingerprint density at radius 3 is 2.64 bits per heavy atom. The highest BCUT2D eigenvalue weighted by atomic mass is 79.9. The number of rotatable bonds is 1. The SMILES string of the molecule is Oc1ccc(Br)c(CCl)c1F. The quantitative estimate of drug-likeness (QED) is 0.747. The fourth-order valence-corrected chi connectivity index (χ4v) is 1.58. The fourth-order valence-electron chi connectivity index (χ4n) is 0.708. The Hall–Kier alpha value is -0.280. The van der Waals surface area contributed by atoms with Crippen molar-refractivity contribution in [1.29, 1.82) is 0 Å². The molecule has 1 rings (SSSR count). The highest BCUT2D eigenvalue weighted by Crippen LogP contribution is 2.27. The smallest absolute Gasteiger partial charge is 0.170 e. The van der Waals surface area contributed by atoms with E-state index in [1.807, 2.05) is 0 Å². The first-order chi connectivity index (χ1) is 5.16. The molecule has 0 saturated heterocycles. The molecule has 0 aliphatic rings. The van der Waals surface area contributed by atoms with Gasteiger partial charge in [-0.15, -0.1) is 11.6 Å². The fraction of sp³-hybridized carbons (Fsp3) is 0.143. The Kier molecular flexibility index (Phi) is 2.73. The van der Waals surface area contributed by atoms with Crippen LogP contribution in [0.4, 0.5) is 4.39 Å². The van der Waals surface area contributed by atoms with Crippen LogP contribution in [0.1, 0.15) is 5.56 Å². The van der Waals surface area contributed by atoms with Crippen LogP contribution < -0.4 is 0 Å². The van der Waals surface area contributed by atoms with Gasteiger partial charge in [0, 0.05) is 10.0 Å². The van der Waals surface area contributed by atoms with Crippen molar-refractivity contribution >= 4 is 27.5 Å². The van der Waals surface area contributed by atoms with Gasteiger partial charge in [-0.1, -0.05) is 15.9 Å². The van der Waals surface area contributed by atoms with Crippen molar-refractivity contribution in [3.63, 3.8) is 0 Å². The first-order valence-electron chi connectivity index (χ1n) is 2.88. The number of phenols is 1. The van der Waals surface area contributed by atoms with Gasteiger partial charge < -0.3 is 5.11 Å². The summed E-state index contributed by atoms with van der Waals surface area (Å²) < 4.78 is 13.5. The van der Waals surface area contributed by atoms with Gasteiger partial charge in [0.1, 0.15) is 0 Å². The average molecular weight is 239 g/mol. The minimum Gasteiger partial charge on any atom is -0.505 e. The minimum absolute atomic E-state index is 0.0425. The van der Waals surface area contributed by atoms with Crippen molar-refractivity contribution in [2.45, 2.75) is 5.88 Å². The second-order valence-electron chi connectivity index (χ2n) is 1.99. The predicted octanol–water partition coefficient (Wildman–Crippen LogP) is 3.03. The van der Waals surface area contributed by atoms with Crippen LogP contribution in [0.5, 0.6) is 5.75 Å². The molecular weight excluding hydrogens is 234 g/mol. The van der Waals surface area contributed by atoms with Crippen LogP contribution in [-0.2, 0) is 5.88 Å². The third kappa shape index (κ3) is 1.65. The lowest BCUT2D eigenvalue weighted by atomic mass is 10.2. The van der Waals surface area contributed by atoms with Gasteiger partial charge >= 0.3 is 0 Å². The molecule has 0 radical (unpaired) electrons. The molecule has 4 heteroatoms. The second-order valence-corrected chi connectivity index (χ2v) is 3.11. The summed E-state index contributed by atoms with van der Waals surface area (Å²) in [5.41, 5.74) is 0.284. The Balaban J connectivity index is 3.29. The van der Waals surface area contributed by atoms with E-state index in [0.717, 1.165) is 0 Å². The first-order valence-corrected chi connectivity index (χ1v) is 4.21. The molecule has 1 aromatic carbocycles. The molecule has 1 aromatic rings. The summed E-state index contributed by atoms with van der Waals surface area (Å²) in [6, 6.07) is 2.82. The lowest BCUT2D eigenvalue weighted by molar-refractivity contribution is 0.429. The standard InChI is InChI=1S/C7H5BrClFO/c8-5-1-2-6(11)7(10)4(5)3-9/h1-2,11H,3H2. The summed E-state index contributed by atoms with van der Waals surface area (Å²) in [6.45, 7) is 0. The molecule has 0 aromatic heterocycles. The molecule has 0 spiro atoms. The molecule has 0 bridgehead atoms. The lowest BCUT2D eigenvalue weighted by Crippen LogP contribution is -1.87. The Morgan fingerprint density at radius 1 is 1.55 bits per heavy atom. The molecule has 60 valence electrons. The molecule has 0 aliphatic heterocycles. The molecule has 1 N–H and O–H groups in total. The molecule has 0 aliphatic carbocycles. The highest BCUT2D eigenvalue weighted by Gasteiger charge is 2.09. The van der Waals surface area contributed by atoms with Gasteiger partial charge in [0.2, 0.25) is 0 Å². The van der Waals surface area contributed by atoms with E-state index in [2.05, 4.69) is 15.9 Å². The molecule has 0 heterocycles. The Morgan fingerprint density at radius 2 is 2.18 bits per heavy atom. The summed E-state index contributed by atoms with van der Waals surface area (Å²) >= 11 is 8.53. The van der Waals surface area contributed by atoms with Crippen LogP contribution in [0.2, 0.25) is 0 Å². The maximum Gasteiger partial charge on any atom is 0.170 e. The Bertz CT molecular complexity index is 277. The molecule has 0 fully saturated rings. The summed E-state index contributed by atoms with van der Waals surface area (Å²) in [6.07, 6.45) is 0. The van der Waals surface area contributed by atoms with Crippen LogP contribution in [0.25, 0.3) is 0 Å². The molecule has 11 heavy (non-hydrogen) atoms. The largest absolute Gasteiger partial charge is 0.505 e. The van der Waals surface area contributed by atoms with Gasteiger partial charge in [-0.2, -0.15) is 0 Å². The van der Waals surface area contributed by atoms with Gasteiger partial charge in [0.05, 0.1) is 5.88 Å². The van der Waals surface area contributed by atoms with Crippen molar-refractivity contribution in [1.82, 2.24) is 0 Å². The lowest BCUT2D eigenvalue weighted by Gasteiger charge is -2.02. The number of phenolic OH excluding ortho intramolecular Hbond substituents is 1. The summed E-state index contributed by atoms with van der Waals surface area (Å²) in [5.74, 6) is -0.987. The number of hydrogen-bond acceptors (Lipinski definition) is 1. The summed E-state index contributed by atoms with van der Waals surface area (Å²) in [7, 11) is 0. The van der Waals surface area contributed by atoms with E-state index in [1.165, 1.54) is 6.07 Å². The van der Waals surface area contributed by atoms with E-state index >= 15 is 0 Å². The van der Waals surface area contributed by atoms with Gasteiger partial charge in [-0.25, -0.2) is 4.39 Å². The first kappa shape index (κ1) is 8.81. The number of alkyl halides is 1. The molecule has 0 atom stereocenters. The predicted molar refractivity (Wildman–Crippen MR) is 45.3 cm³/mol. The van der Waals surface area contributed by atoms with Crippen LogP contribution in [0, 0.1) is 5.82 Å². The molecule has 0 saturated carbocycles. The Labute approximate surface area is 76.9 Å². The maximum atomic E-state index is 12.9. The zero-order valence-electron chi connectivity index (χ0n) is 5.44. The highest BCUT2D eigenvalue weighted by molar-refractivity contribution is 9.10. The number of hydrogen-bond donors (Lipinski definition) is 1. The van der Waals surface area contributed by atoms with Gasteiger partial charge in [0.15, 0.2) is 11.6 Å². The molecule has 1 nitrogen and oxygen atoms in total. The third-order valence-corrected chi connectivity index (χ3v) is 2.31. The number of halogens is 3. The second kappa shape index (κ2) is 3.41. The minimum atomic E-state index is -0.658. The van der Waals surface area contributed by atoms with E-state index in [9.17, 15) is 4.39 Å². The topological polar surface area (TPSA) is 20.2 Å². The zero-order chi connectivity index (χ0) is 8.43. The summed E-state index contributed by atoms with van der Waals surface area (Å²) in [4.78, 5) is 0. The van der Waals surface area contributed by atoms with E-state index in [-0.39, 0.29) is 17.2 Å². The van der Waals surface area contributed by atoms with Gasteiger partial charge in [0.25, 0.3) is 0 Å². The van der Waals surface area contributed by atoms with Crippen molar-refractivity contribution in [3.05, 3.63) is 28.0 Å². The molecule has 0 unspecified atom stereocenters.